The highest BCUT2D eigenvalue weighted by Crippen LogP contribution is 2.29. The average molecular weight is 319 g/mol. The molecule has 104 valence electrons. The van der Waals surface area contributed by atoms with Gasteiger partial charge in [0, 0.05) is 13.2 Å². The molecular formula is C13H23BrN2O2. The Labute approximate surface area is 117 Å². The molecule has 18 heavy (non-hydrogen) atoms. The molecule has 2 atom stereocenters. The van der Waals surface area contributed by atoms with Crippen LogP contribution in [-0.4, -0.2) is 27.6 Å². The third-order valence-corrected chi connectivity index (χ3v) is 3.47. The zero-order chi connectivity index (χ0) is 13.5. The molecule has 0 aromatic carbocycles. The van der Waals surface area contributed by atoms with Crippen LogP contribution in [0.4, 0.5) is 0 Å². The minimum atomic E-state index is -0.631. The summed E-state index contributed by atoms with van der Waals surface area (Å²) in [7, 11) is 0. The predicted octanol–water partition coefficient (Wildman–Crippen LogP) is 3.29. The molecule has 4 nitrogen and oxygen atoms in total. The molecule has 1 aromatic heterocycles. The molecule has 0 aliphatic heterocycles. The van der Waals surface area contributed by atoms with E-state index >= 15 is 0 Å². The largest absolute Gasteiger partial charge is 0.384 e. The van der Waals surface area contributed by atoms with E-state index in [1.165, 1.54) is 0 Å². The van der Waals surface area contributed by atoms with Gasteiger partial charge in [-0.1, -0.05) is 20.3 Å². The van der Waals surface area contributed by atoms with Gasteiger partial charge in [-0.25, -0.2) is 0 Å². The number of ether oxygens (including phenoxy) is 1. The lowest BCUT2D eigenvalue weighted by atomic mass is 10.1. The van der Waals surface area contributed by atoms with Gasteiger partial charge in [-0.2, -0.15) is 5.10 Å². The first-order valence-electron chi connectivity index (χ1n) is 6.66. The van der Waals surface area contributed by atoms with Crippen LogP contribution >= 0.6 is 15.9 Å². The van der Waals surface area contributed by atoms with Gasteiger partial charge >= 0.3 is 0 Å². The second-order valence-electron chi connectivity index (χ2n) is 4.33. The molecule has 0 aliphatic carbocycles. The maximum absolute atomic E-state index is 10.5. The number of hydrogen-bond donors (Lipinski definition) is 1. The third-order valence-electron chi connectivity index (χ3n) is 2.85. The van der Waals surface area contributed by atoms with Crippen molar-refractivity contribution >= 4 is 15.9 Å². The van der Waals surface area contributed by atoms with Crippen molar-refractivity contribution in [3.8, 4) is 0 Å². The van der Waals surface area contributed by atoms with Crippen LogP contribution in [0.2, 0.25) is 0 Å². The van der Waals surface area contributed by atoms with Gasteiger partial charge in [0.15, 0.2) is 0 Å². The Balaban J connectivity index is 2.91. The van der Waals surface area contributed by atoms with E-state index < -0.39 is 6.10 Å². The van der Waals surface area contributed by atoms with Gasteiger partial charge < -0.3 is 9.84 Å². The molecule has 1 rings (SSSR count). The summed E-state index contributed by atoms with van der Waals surface area (Å²) in [5.74, 6) is 0. The zero-order valence-corrected chi connectivity index (χ0v) is 13.0. The van der Waals surface area contributed by atoms with Crippen molar-refractivity contribution in [2.75, 3.05) is 6.61 Å². The summed E-state index contributed by atoms with van der Waals surface area (Å²) in [6, 6.07) is 0. The van der Waals surface area contributed by atoms with Gasteiger partial charge in [0.1, 0.15) is 6.10 Å². The highest BCUT2D eigenvalue weighted by Gasteiger charge is 2.26. The Morgan fingerprint density at radius 3 is 2.67 bits per heavy atom. The van der Waals surface area contributed by atoms with Gasteiger partial charge in [-0.15, -0.1) is 0 Å². The van der Waals surface area contributed by atoms with Crippen LogP contribution in [0.1, 0.15) is 51.8 Å². The fourth-order valence-corrected chi connectivity index (χ4v) is 2.59. The number of aryl methyl sites for hydroxylation is 1. The third kappa shape index (κ3) is 3.80. The standard InChI is InChI=1S/C13H23BrN2O2/c1-4-7-11(18-6-3)13(17)12-10(14)9-15-16(12)8-5-2/h9,11,13,17H,4-8H2,1-3H3. The summed E-state index contributed by atoms with van der Waals surface area (Å²) >= 11 is 3.46. The number of rotatable bonds is 8. The van der Waals surface area contributed by atoms with Crippen LogP contribution in [0, 0.1) is 0 Å². The van der Waals surface area contributed by atoms with Crippen LogP contribution in [-0.2, 0) is 11.3 Å². The normalized spacial score (nSPS) is 14.7. The molecule has 5 heteroatoms. The van der Waals surface area contributed by atoms with E-state index in [-0.39, 0.29) is 6.10 Å². The second kappa shape index (κ2) is 7.92. The topological polar surface area (TPSA) is 47.3 Å². The first-order valence-corrected chi connectivity index (χ1v) is 7.45. The predicted molar refractivity (Wildman–Crippen MR) is 75.5 cm³/mol. The van der Waals surface area contributed by atoms with Gasteiger partial charge in [-0.3, -0.25) is 4.68 Å². The van der Waals surface area contributed by atoms with E-state index in [0.29, 0.717) is 6.61 Å². The molecule has 0 saturated carbocycles. The molecular weight excluding hydrogens is 296 g/mol. The highest BCUT2D eigenvalue weighted by atomic mass is 79.9. The molecule has 0 amide bonds. The van der Waals surface area contributed by atoms with Crippen molar-refractivity contribution in [2.45, 2.75) is 58.8 Å². The Morgan fingerprint density at radius 1 is 1.39 bits per heavy atom. The van der Waals surface area contributed by atoms with Crippen molar-refractivity contribution in [1.29, 1.82) is 0 Å². The molecule has 1 heterocycles. The number of halogens is 1. The van der Waals surface area contributed by atoms with Crippen molar-refractivity contribution < 1.29 is 9.84 Å². The van der Waals surface area contributed by atoms with Crippen molar-refractivity contribution in [2.24, 2.45) is 0 Å². The minimum Gasteiger partial charge on any atom is -0.384 e. The number of aliphatic hydroxyl groups excluding tert-OH is 1. The van der Waals surface area contributed by atoms with Gasteiger partial charge in [0.2, 0.25) is 0 Å². The lowest BCUT2D eigenvalue weighted by Gasteiger charge is -2.23. The molecule has 0 aliphatic rings. The first kappa shape index (κ1) is 15.7. The lowest BCUT2D eigenvalue weighted by Crippen LogP contribution is -2.25. The Hall–Kier alpha value is -0.390. The maximum Gasteiger partial charge on any atom is 0.123 e. The summed E-state index contributed by atoms with van der Waals surface area (Å²) in [6.07, 6.45) is 3.77. The number of nitrogens with zero attached hydrogens (tertiary/aromatic N) is 2. The van der Waals surface area contributed by atoms with E-state index in [1.54, 1.807) is 6.20 Å². The summed E-state index contributed by atoms with van der Waals surface area (Å²) in [5.41, 5.74) is 0.823. The maximum atomic E-state index is 10.5. The van der Waals surface area contributed by atoms with Crippen molar-refractivity contribution in [1.82, 2.24) is 9.78 Å². The highest BCUT2D eigenvalue weighted by molar-refractivity contribution is 9.10. The molecule has 0 radical (unpaired) electrons. The van der Waals surface area contributed by atoms with Crippen LogP contribution < -0.4 is 0 Å². The Kier molecular flexibility index (Phi) is 6.89. The summed E-state index contributed by atoms with van der Waals surface area (Å²) in [4.78, 5) is 0. The van der Waals surface area contributed by atoms with Gasteiger partial charge in [0.25, 0.3) is 0 Å². The quantitative estimate of drug-likeness (QED) is 0.800. The molecule has 0 spiro atoms. The Bertz CT molecular complexity index is 349. The lowest BCUT2D eigenvalue weighted by molar-refractivity contribution is -0.0423. The van der Waals surface area contributed by atoms with Crippen molar-refractivity contribution in [3.05, 3.63) is 16.4 Å². The molecule has 1 N–H and O–H groups in total. The fraction of sp³-hybridized carbons (Fsp3) is 0.769. The molecule has 1 aromatic rings. The number of aromatic nitrogens is 2. The van der Waals surface area contributed by atoms with E-state index in [4.69, 9.17) is 4.74 Å². The van der Waals surface area contributed by atoms with Gasteiger partial charge in [-0.05, 0) is 35.7 Å². The number of aliphatic hydroxyl groups is 1. The molecule has 0 fully saturated rings. The van der Waals surface area contributed by atoms with E-state index in [2.05, 4.69) is 34.9 Å². The van der Waals surface area contributed by atoms with Gasteiger partial charge in [0.05, 0.1) is 22.5 Å². The minimum absolute atomic E-state index is 0.163. The number of hydrogen-bond acceptors (Lipinski definition) is 3. The summed E-state index contributed by atoms with van der Waals surface area (Å²) in [5, 5.41) is 14.8. The van der Waals surface area contributed by atoms with E-state index in [9.17, 15) is 5.11 Å². The first-order chi connectivity index (χ1) is 8.65. The van der Waals surface area contributed by atoms with Crippen molar-refractivity contribution in [3.63, 3.8) is 0 Å². The SMILES string of the molecule is CCCC(OCC)C(O)c1c(Br)cnn1CCC. The smallest absolute Gasteiger partial charge is 0.123 e. The van der Waals surface area contributed by atoms with Crippen LogP contribution in [0.15, 0.2) is 10.7 Å². The fourth-order valence-electron chi connectivity index (χ4n) is 2.06. The summed E-state index contributed by atoms with van der Waals surface area (Å²) < 4.78 is 8.35. The van der Waals surface area contributed by atoms with E-state index in [0.717, 1.165) is 36.0 Å². The molecule has 0 bridgehead atoms. The van der Waals surface area contributed by atoms with E-state index in [1.807, 2.05) is 11.6 Å². The Morgan fingerprint density at radius 2 is 2.11 bits per heavy atom. The zero-order valence-electron chi connectivity index (χ0n) is 11.4. The van der Waals surface area contributed by atoms with Crippen LogP contribution in [0.3, 0.4) is 0 Å². The molecule has 0 saturated heterocycles. The summed E-state index contributed by atoms with van der Waals surface area (Å²) in [6.45, 7) is 7.56. The monoisotopic (exact) mass is 318 g/mol. The average Bonchev–Trinajstić information content (AvgIpc) is 2.70. The second-order valence-corrected chi connectivity index (χ2v) is 5.18. The van der Waals surface area contributed by atoms with Crippen LogP contribution in [0.25, 0.3) is 0 Å². The molecule has 2 unspecified atom stereocenters. The van der Waals surface area contributed by atoms with Crippen LogP contribution in [0.5, 0.6) is 0 Å².